The summed E-state index contributed by atoms with van der Waals surface area (Å²) in [6.07, 6.45) is 1.38. The molecule has 0 bridgehead atoms. The zero-order chi connectivity index (χ0) is 16.7. The van der Waals surface area contributed by atoms with Gasteiger partial charge in [0.05, 0.1) is 6.21 Å². The minimum absolute atomic E-state index is 0.361. The summed E-state index contributed by atoms with van der Waals surface area (Å²) in [5, 5.41) is 13.0. The number of aliphatic carboxylic acids is 1. The van der Waals surface area contributed by atoms with Crippen molar-refractivity contribution in [2.24, 2.45) is 5.10 Å². The molecular weight excluding hydrogens is 320 g/mol. The van der Waals surface area contributed by atoms with Crippen LogP contribution in [0.3, 0.4) is 0 Å². The lowest BCUT2D eigenvalue weighted by Crippen LogP contribution is -2.17. The average molecular weight is 333 g/mol. The molecule has 0 saturated carbocycles. The maximum absolute atomic E-state index is 11.9. The van der Waals surface area contributed by atoms with E-state index in [4.69, 9.17) is 21.4 Å². The Hall–Kier alpha value is -2.86. The third-order valence-corrected chi connectivity index (χ3v) is 3.00. The summed E-state index contributed by atoms with van der Waals surface area (Å²) in [6.45, 7) is -0.456. The van der Waals surface area contributed by atoms with E-state index < -0.39 is 12.6 Å². The van der Waals surface area contributed by atoms with Gasteiger partial charge in [-0.05, 0) is 36.4 Å². The van der Waals surface area contributed by atoms with Gasteiger partial charge in [0.25, 0.3) is 5.91 Å². The second-order valence-corrected chi connectivity index (χ2v) is 4.86. The van der Waals surface area contributed by atoms with Crippen molar-refractivity contribution in [2.45, 2.75) is 0 Å². The Balaban J connectivity index is 2.01. The molecule has 1 amide bonds. The Morgan fingerprint density at radius 1 is 1.17 bits per heavy atom. The zero-order valence-electron chi connectivity index (χ0n) is 11.9. The van der Waals surface area contributed by atoms with Crippen molar-refractivity contribution in [1.82, 2.24) is 5.43 Å². The highest BCUT2D eigenvalue weighted by Gasteiger charge is 2.05. The highest BCUT2D eigenvalue weighted by Crippen LogP contribution is 2.15. The van der Waals surface area contributed by atoms with Crippen LogP contribution in [0.2, 0.25) is 5.02 Å². The molecule has 0 unspecified atom stereocenters. The molecule has 118 valence electrons. The van der Waals surface area contributed by atoms with Gasteiger partial charge in [0.2, 0.25) is 0 Å². The minimum atomic E-state index is -1.08. The summed E-state index contributed by atoms with van der Waals surface area (Å²) in [7, 11) is 0. The summed E-state index contributed by atoms with van der Waals surface area (Å²) < 4.78 is 5.14. The number of hydrogen-bond donors (Lipinski definition) is 2. The first-order chi connectivity index (χ1) is 11.1. The number of carbonyl (C=O) groups is 2. The Kier molecular flexibility index (Phi) is 5.71. The van der Waals surface area contributed by atoms with Crippen molar-refractivity contribution in [3.8, 4) is 5.75 Å². The molecule has 2 rings (SSSR count). The molecule has 0 aromatic heterocycles. The Labute approximate surface area is 137 Å². The van der Waals surface area contributed by atoms with Crippen molar-refractivity contribution < 1.29 is 19.4 Å². The quantitative estimate of drug-likeness (QED) is 0.628. The minimum Gasteiger partial charge on any atom is -0.481 e. The molecule has 0 aliphatic heterocycles. The van der Waals surface area contributed by atoms with Crippen LogP contribution in [0, 0.1) is 0 Å². The molecule has 2 N–H and O–H groups in total. The van der Waals surface area contributed by atoms with E-state index >= 15 is 0 Å². The number of para-hydroxylation sites is 1. The molecule has 2 aromatic carbocycles. The van der Waals surface area contributed by atoms with Crippen LogP contribution in [0.25, 0.3) is 0 Å². The normalized spacial score (nSPS) is 10.5. The fourth-order valence-corrected chi connectivity index (χ4v) is 1.81. The zero-order valence-corrected chi connectivity index (χ0v) is 12.7. The molecule has 0 saturated heterocycles. The first-order valence-electron chi connectivity index (χ1n) is 6.59. The summed E-state index contributed by atoms with van der Waals surface area (Å²) in [5.74, 6) is -1.10. The Bertz CT molecular complexity index is 729. The second-order valence-electron chi connectivity index (χ2n) is 4.43. The van der Waals surface area contributed by atoms with Crippen molar-refractivity contribution in [3.05, 3.63) is 64.7 Å². The molecule has 23 heavy (non-hydrogen) atoms. The fraction of sp³-hybridized carbons (Fsp3) is 0.0625. The summed E-state index contributed by atoms with van der Waals surface area (Å²) in [5.41, 5.74) is 3.34. The van der Waals surface area contributed by atoms with E-state index in [9.17, 15) is 9.59 Å². The van der Waals surface area contributed by atoms with Crippen LogP contribution in [-0.4, -0.2) is 29.8 Å². The Morgan fingerprint density at radius 2 is 1.87 bits per heavy atom. The highest BCUT2D eigenvalue weighted by molar-refractivity contribution is 6.30. The largest absolute Gasteiger partial charge is 0.481 e. The Morgan fingerprint density at radius 3 is 2.57 bits per heavy atom. The van der Waals surface area contributed by atoms with E-state index in [1.165, 1.54) is 6.21 Å². The number of carboxylic acids is 1. The van der Waals surface area contributed by atoms with Crippen LogP contribution in [0.5, 0.6) is 5.75 Å². The maximum atomic E-state index is 11.9. The van der Waals surface area contributed by atoms with Crippen LogP contribution >= 0.6 is 11.6 Å². The topological polar surface area (TPSA) is 88.0 Å². The number of carbonyl (C=O) groups excluding carboxylic acids is 1. The molecule has 7 heteroatoms. The molecule has 0 aliphatic rings. The lowest BCUT2D eigenvalue weighted by molar-refractivity contribution is -0.139. The number of halogens is 1. The van der Waals surface area contributed by atoms with E-state index in [1.54, 1.807) is 48.5 Å². The van der Waals surface area contributed by atoms with Crippen LogP contribution in [0.15, 0.2) is 53.6 Å². The average Bonchev–Trinajstić information content (AvgIpc) is 2.54. The van der Waals surface area contributed by atoms with Crippen LogP contribution < -0.4 is 10.2 Å². The molecule has 6 nitrogen and oxygen atoms in total. The number of hydrogen-bond acceptors (Lipinski definition) is 4. The second kappa shape index (κ2) is 7.95. The van der Waals surface area contributed by atoms with E-state index in [1.807, 2.05) is 0 Å². The van der Waals surface area contributed by atoms with Crippen LogP contribution in [0.1, 0.15) is 15.9 Å². The van der Waals surface area contributed by atoms with Crippen molar-refractivity contribution in [1.29, 1.82) is 0 Å². The molecule has 0 fully saturated rings. The predicted molar refractivity (Wildman–Crippen MR) is 86.1 cm³/mol. The van der Waals surface area contributed by atoms with Crippen molar-refractivity contribution in [3.63, 3.8) is 0 Å². The molecule has 0 aliphatic carbocycles. The number of ether oxygens (including phenoxy) is 1. The first-order valence-corrected chi connectivity index (χ1v) is 6.96. The van der Waals surface area contributed by atoms with Gasteiger partial charge in [0, 0.05) is 16.1 Å². The third kappa shape index (κ3) is 5.12. The molecule has 0 atom stereocenters. The summed E-state index contributed by atoms with van der Waals surface area (Å²) >= 11 is 5.75. The number of carboxylic acid groups (broad SMARTS) is 1. The standard InChI is InChI=1S/C16H13ClN2O4/c17-13-7-5-11(6-8-13)16(22)19-18-9-12-3-1-2-4-14(12)23-10-15(20)21/h1-9H,10H2,(H,19,22)(H,20,21). The third-order valence-electron chi connectivity index (χ3n) is 2.75. The van der Waals surface area contributed by atoms with E-state index in [2.05, 4.69) is 10.5 Å². The van der Waals surface area contributed by atoms with E-state index in [0.717, 1.165) is 0 Å². The van der Waals surface area contributed by atoms with Gasteiger partial charge in [0.1, 0.15) is 5.75 Å². The van der Waals surface area contributed by atoms with Gasteiger partial charge < -0.3 is 9.84 Å². The predicted octanol–water partition coefficient (Wildman–Crippen LogP) is 2.57. The smallest absolute Gasteiger partial charge is 0.341 e. The van der Waals surface area contributed by atoms with Gasteiger partial charge in [-0.2, -0.15) is 5.10 Å². The van der Waals surface area contributed by atoms with Gasteiger partial charge in [-0.1, -0.05) is 23.7 Å². The van der Waals surface area contributed by atoms with Crippen LogP contribution in [0.4, 0.5) is 0 Å². The molecule has 0 spiro atoms. The molecule has 0 radical (unpaired) electrons. The van der Waals surface area contributed by atoms with Gasteiger partial charge in [-0.15, -0.1) is 0 Å². The van der Waals surface area contributed by atoms with Crippen molar-refractivity contribution >= 4 is 29.7 Å². The SMILES string of the molecule is O=C(O)COc1ccccc1C=NNC(=O)c1ccc(Cl)cc1. The van der Waals surface area contributed by atoms with E-state index in [-0.39, 0.29) is 5.91 Å². The lowest BCUT2D eigenvalue weighted by atomic mass is 10.2. The van der Waals surface area contributed by atoms with Gasteiger partial charge >= 0.3 is 5.97 Å². The fourth-order valence-electron chi connectivity index (χ4n) is 1.68. The number of nitrogens with one attached hydrogen (secondary N) is 1. The number of hydrazone groups is 1. The van der Waals surface area contributed by atoms with Crippen LogP contribution in [-0.2, 0) is 4.79 Å². The monoisotopic (exact) mass is 332 g/mol. The number of amides is 1. The maximum Gasteiger partial charge on any atom is 0.341 e. The first kappa shape index (κ1) is 16.5. The number of rotatable bonds is 6. The molecule has 2 aromatic rings. The van der Waals surface area contributed by atoms with Crippen molar-refractivity contribution in [2.75, 3.05) is 6.61 Å². The summed E-state index contributed by atoms with van der Waals surface area (Å²) in [6, 6.07) is 13.1. The lowest BCUT2D eigenvalue weighted by Gasteiger charge is -2.06. The molecular formula is C16H13ClN2O4. The van der Waals surface area contributed by atoms with Gasteiger partial charge in [0.15, 0.2) is 6.61 Å². The summed E-state index contributed by atoms with van der Waals surface area (Å²) in [4.78, 5) is 22.4. The highest BCUT2D eigenvalue weighted by atomic mass is 35.5. The van der Waals surface area contributed by atoms with E-state index in [0.29, 0.717) is 21.9 Å². The molecule has 0 heterocycles. The number of benzene rings is 2. The number of nitrogens with zero attached hydrogens (tertiary/aromatic N) is 1. The van der Waals surface area contributed by atoms with Gasteiger partial charge in [-0.25, -0.2) is 10.2 Å². The van der Waals surface area contributed by atoms with Gasteiger partial charge in [-0.3, -0.25) is 4.79 Å².